The van der Waals surface area contributed by atoms with Crippen LogP contribution in [0.2, 0.25) is 0 Å². The second-order valence-electron chi connectivity index (χ2n) is 2.72. The van der Waals surface area contributed by atoms with Gasteiger partial charge in [0.15, 0.2) is 0 Å². The molecule has 4 nitrogen and oxygen atoms in total. The molecule has 0 aliphatic rings. The summed E-state index contributed by atoms with van der Waals surface area (Å²) >= 11 is 3.16. The second kappa shape index (κ2) is 5.07. The average molecular weight is 260 g/mol. The molecule has 1 aromatic heterocycles. The Labute approximate surface area is 90.0 Å². The van der Waals surface area contributed by atoms with Crippen molar-refractivity contribution in [3.63, 3.8) is 0 Å². The maximum absolute atomic E-state index is 10.7. The van der Waals surface area contributed by atoms with Crippen LogP contribution in [0.25, 0.3) is 0 Å². The minimum Gasteiger partial charge on any atom is -0.478 e. The largest absolute Gasteiger partial charge is 0.478 e. The van der Waals surface area contributed by atoms with E-state index in [2.05, 4.69) is 20.9 Å². The number of aromatic nitrogens is 1. The summed E-state index contributed by atoms with van der Waals surface area (Å²) < 4.78 is 5.41. The summed E-state index contributed by atoms with van der Waals surface area (Å²) in [6, 6.07) is 3.02. The van der Waals surface area contributed by atoms with Crippen LogP contribution < -0.4 is 0 Å². The van der Waals surface area contributed by atoms with Gasteiger partial charge >= 0.3 is 5.97 Å². The van der Waals surface area contributed by atoms with Gasteiger partial charge in [-0.3, -0.25) is 0 Å². The molecule has 0 aliphatic carbocycles. The first-order valence-electron chi connectivity index (χ1n) is 4.02. The molecule has 0 saturated heterocycles. The first kappa shape index (κ1) is 11.1. The van der Waals surface area contributed by atoms with Gasteiger partial charge < -0.3 is 9.84 Å². The molecule has 5 heteroatoms. The van der Waals surface area contributed by atoms with Gasteiger partial charge in [-0.1, -0.05) is 0 Å². The molecule has 0 atom stereocenters. The van der Waals surface area contributed by atoms with Crippen molar-refractivity contribution in [2.24, 2.45) is 0 Å². The van der Waals surface area contributed by atoms with E-state index in [1.807, 2.05) is 0 Å². The van der Waals surface area contributed by atoms with Gasteiger partial charge in [-0.25, -0.2) is 9.78 Å². The van der Waals surface area contributed by atoms with Gasteiger partial charge in [-0.15, -0.1) is 0 Å². The third kappa shape index (κ3) is 3.08. The van der Waals surface area contributed by atoms with Gasteiger partial charge in [0.1, 0.15) is 4.60 Å². The number of carboxylic acid groups (broad SMARTS) is 1. The van der Waals surface area contributed by atoms with E-state index < -0.39 is 5.97 Å². The number of rotatable bonds is 4. The van der Waals surface area contributed by atoms with E-state index in [1.165, 1.54) is 6.07 Å². The lowest BCUT2D eigenvalue weighted by molar-refractivity contribution is 0.0696. The van der Waals surface area contributed by atoms with Gasteiger partial charge in [0.25, 0.3) is 0 Å². The summed E-state index contributed by atoms with van der Waals surface area (Å²) in [6.45, 7) is 0.530. The van der Waals surface area contributed by atoms with E-state index in [9.17, 15) is 4.79 Å². The van der Waals surface area contributed by atoms with Gasteiger partial charge in [0, 0.05) is 19.2 Å². The summed E-state index contributed by atoms with van der Waals surface area (Å²) in [4.78, 5) is 14.8. The molecule has 0 amide bonds. The van der Waals surface area contributed by atoms with Crippen LogP contribution in [-0.4, -0.2) is 29.8 Å². The van der Waals surface area contributed by atoms with Crippen LogP contribution in [0.5, 0.6) is 0 Å². The van der Waals surface area contributed by atoms with Crippen molar-refractivity contribution in [3.05, 3.63) is 28.0 Å². The molecule has 1 heterocycles. The van der Waals surface area contributed by atoms with E-state index in [0.717, 1.165) is 0 Å². The number of nitrogens with zero attached hydrogens (tertiary/aromatic N) is 1. The molecule has 1 aromatic rings. The SMILES string of the molecule is COCCc1cc(C(=O)O)cc(Br)n1. The van der Waals surface area contributed by atoms with Gasteiger partial charge in [-0.2, -0.15) is 0 Å². The van der Waals surface area contributed by atoms with E-state index in [4.69, 9.17) is 9.84 Å². The molecule has 76 valence electrons. The highest BCUT2D eigenvalue weighted by Crippen LogP contribution is 2.12. The maximum atomic E-state index is 10.7. The number of pyridine rings is 1. The van der Waals surface area contributed by atoms with E-state index in [1.54, 1.807) is 13.2 Å². The number of carboxylic acids is 1. The fourth-order valence-electron chi connectivity index (χ4n) is 1.01. The molecule has 0 spiro atoms. The zero-order chi connectivity index (χ0) is 10.6. The first-order chi connectivity index (χ1) is 6.63. The lowest BCUT2D eigenvalue weighted by atomic mass is 10.2. The minimum absolute atomic E-state index is 0.234. The molecule has 1 rings (SSSR count). The monoisotopic (exact) mass is 259 g/mol. The molecule has 1 N–H and O–H groups in total. The molecule has 0 bridgehead atoms. The van der Waals surface area contributed by atoms with Crippen LogP contribution >= 0.6 is 15.9 Å². The summed E-state index contributed by atoms with van der Waals surface area (Å²) in [7, 11) is 1.59. The van der Waals surface area contributed by atoms with Crippen LogP contribution in [0.4, 0.5) is 0 Å². The third-order valence-corrected chi connectivity index (χ3v) is 2.06. The topological polar surface area (TPSA) is 59.4 Å². The highest BCUT2D eigenvalue weighted by Gasteiger charge is 2.06. The number of halogens is 1. The van der Waals surface area contributed by atoms with E-state index in [0.29, 0.717) is 23.3 Å². The van der Waals surface area contributed by atoms with Crippen molar-refractivity contribution in [1.82, 2.24) is 4.98 Å². The lowest BCUT2D eigenvalue weighted by Crippen LogP contribution is -2.02. The smallest absolute Gasteiger partial charge is 0.335 e. The van der Waals surface area contributed by atoms with Crippen LogP contribution in [0.15, 0.2) is 16.7 Å². The fraction of sp³-hybridized carbons (Fsp3) is 0.333. The summed E-state index contributed by atoms with van der Waals surface area (Å²) in [5.74, 6) is -0.952. The van der Waals surface area contributed by atoms with Gasteiger partial charge in [0.2, 0.25) is 0 Å². The molecule has 0 saturated carbocycles. The number of aromatic carboxylic acids is 1. The molecular formula is C9H10BrNO3. The molecule has 0 aromatic carbocycles. The Kier molecular flexibility index (Phi) is 4.03. The maximum Gasteiger partial charge on any atom is 0.335 e. The summed E-state index contributed by atoms with van der Waals surface area (Å²) in [5, 5.41) is 8.78. The second-order valence-corrected chi connectivity index (χ2v) is 3.53. The Balaban J connectivity index is 2.89. The van der Waals surface area contributed by atoms with Crippen molar-refractivity contribution in [1.29, 1.82) is 0 Å². The van der Waals surface area contributed by atoms with Crippen LogP contribution in [-0.2, 0) is 11.2 Å². The number of ether oxygens (including phenoxy) is 1. The van der Waals surface area contributed by atoms with Crippen LogP contribution in [0.3, 0.4) is 0 Å². The number of methoxy groups -OCH3 is 1. The zero-order valence-electron chi connectivity index (χ0n) is 7.66. The summed E-state index contributed by atoms with van der Waals surface area (Å²) in [5.41, 5.74) is 0.941. The third-order valence-electron chi connectivity index (χ3n) is 1.66. The van der Waals surface area contributed by atoms with E-state index in [-0.39, 0.29) is 5.56 Å². The normalized spacial score (nSPS) is 10.1. The molecule has 0 unspecified atom stereocenters. The highest BCUT2D eigenvalue weighted by molar-refractivity contribution is 9.10. The number of carbonyl (C=O) groups is 1. The van der Waals surface area contributed by atoms with Gasteiger partial charge in [0.05, 0.1) is 12.2 Å². The van der Waals surface area contributed by atoms with Crippen molar-refractivity contribution in [3.8, 4) is 0 Å². The van der Waals surface area contributed by atoms with Gasteiger partial charge in [-0.05, 0) is 28.1 Å². The standard InChI is InChI=1S/C9H10BrNO3/c1-14-3-2-7-4-6(9(12)13)5-8(10)11-7/h4-5H,2-3H2,1H3,(H,12,13). The Bertz CT molecular complexity index is 341. The molecule has 0 aliphatic heterocycles. The zero-order valence-corrected chi connectivity index (χ0v) is 9.24. The van der Waals surface area contributed by atoms with Crippen molar-refractivity contribution in [2.75, 3.05) is 13.7 Å². The predicted octanol–water partition coefficient (Wildman–Crippen LogP) is 1.73. The van der Waals surface area contributed by atoms with Crippen molar-refractivity contribution < 1.29 is 14.6 Å². The Hall–Kier alpha value is -0.940. The number of hydrogen-bond donors (Lipinski definition) is 1. The Morgan fingerprint density at radius 3 is 2.93 bits per heavy atom. The van der Waals surface area contributed by atoms with Crippen LogP contribution in [0.1, 0.15) is 16.1 Å². The summed E-state index contributed by atoms with van der Waals surface area (Å²) in [6.07, 6.45) is 0.607. The molecule has 0 radical (unpaired) electrons. The molecular weight excluding hydrogens is 250 g/mol. The Morgan fingerprint density at radius 1 is 1.64 bits per heavy atom. The van der Waals surface area contributed by atoms with Crippen LogP contribution in [0, 0.1) is 0 Å². The minimum atomic E-state index is -0.952. The fourth-order valence-corrected chi connectivity index (χ4v) is 1.48. The molecule has 14 heavy (non-hydrogen) atoms. The quantitative estimate of drug-likeness (QED) is 0.837. The predicted molar refractivity (Wildman–Crippen MR) is 54.5 cm³/mol. The van der Waals surface area contributed by atoms with Crippen molar-refractivity contribution >= 4 is 21.9 Å². The highest BCUT2D eigenvalue weighted by atomic mass is 79.9. The van der Waals surface area contributed by atoms with E-state index >= 15 is 0 Å². The lowest BCUT2D eigenvalue weighted by Gasteiger charge is -2.02. The average Bonchev–Trinajstić information content (AvgIpc) is 2.14. The van der Waals surface area contributed by atoms with Crippen molar-refractivity contribution in [2.45, 2.75) is 6.42 Å². The Morgan fingerprint density at radius 2 is 2.36 bits per heavy atom. The first-order valence-corrected chi connectivity index (χ1v) is 4.81. The molecule has 0 fully saturated rings. The number of hydrogen-bond acceptors (Lipinski definition) is 3.